The van der Waals surface area contributed by atoms with Crippen LogP contribution in [-0.2, 0) is 25.6 Å². The van der Waals surface area contributed by atoms with Crippen LogP contribution in [0.5, 0.6) is 0 Å². The fraction of sp³-hybridized carbons (Fsp3) is 0.524. The Bertz CT molecular complexity index is 992. The van der Waals surface area contributed by atoms with Gasteiger partial charge in [0.2, 0.25) is 11.8 Å². The fourth-order valence-corrected chi connectivity index (χ4v) is 4.63. The lowest BCUT2D eigenvalue weighted by Gasteiger charge is -2.43. The number of nitrogens with zero attached hydrogens (tertiary/aromatic N) is 4. The van der Waals surface area contributed by atoms with Crippen molar-refractivity contribution in [3.8, 4) is 0 Å². The van der Waals surface area contributed by atoms with Gasteiger partial charge in [0.1, 0.15) is 12.1 Å². The van der Waals surface area contributed by atoms with Crippen molar-refractivity contribution < 1.29 is 28.8 Å². The summed E-state index contributed by atoms with van der Waals surface area (Å²) in [7, 11) is 0. The van der Waals surface area contributed by atoms with Crippen LogP contribution in [0.3, 0.4) is 0 Å². The second-order valence-corrected chi connectivity index (χ2v) is 9.09. The number of rotatable bonds is 8. The molecule has 13 heteroatoms. The highest BCUT2D eigenvalue weighted by molar-refractivity contribution is 7.09. The second kappa shape index (κ2) is 11.5. The lowest BCUT2D eigenvalue weighted by Crippen LogP contribution is -2.64. The third-order valence-corrected chi connectivity index (χ3v) is 6.61. The normalized spacial score (nSPS) is 21.0. The minimum atomic E-state index is -1.02. The van der Waals surface area contributed by atoms with Crippen LogP contribution in [0.2, 0.25) is 0 Å². The number of fused-ring (bicyclic) bond motifs is 1. The van der Waals surface area contributed by atoms with Crippen LogP contribution < -0.4 is 16.0 Å². The Hall–Kier alpha value is -3.57. The first-order valence-electron chi connectivity index (χ1n) is 11.0. The van der Waals surface area contributed by atoms with Crippen LogP contribution >= 0.6 is 11.3 Å². The van der Waals surface area contributed by atoms with Gasteiger partial charge in [-0.2, -0.15) is 4.79 Å². The van der Waals surface area contributed by atoms with Crippen molar-refractivity contribution in [2.75, 3.05) is 13.1 Å². The zero-order valence-electron chi connectivity index (χ0n) is 18.7. The van der Waals surface area contributed by atoms with Gasteiger partial charge in [0, 0.05) is 24.4 Å². The molecule has 3 rings (SSSR count). The number of ketones is 1. The van der Waals surface area contributed by atoms with Crippen LogP contribution in [0, 0.1) is 0 Å². The molecular formula is C21H27N7O5S. The summed E-state index contributed by atoms with van der Waals surface area (Å²) in [5.41, 5.74) is 8.52. The van der Waals surface area contributed by atoms with Gasteiger partial charge >= 0.3 is 12.2 Å². The highest BCUT2D eigenvalue weighted by Crippen LogP contribution is 2.25. The summed E-state index contributed by atoms with van der Waals surface area (Å²) in [6, 6.07) is 0.373. The maximum atomic E-state index is 13.3. The van der Waals surface area contributed by atoms with Crippen molar-refractivity contribution >= 4 is 47.1 Å². The molecule has 1 aromatic heterocycles. The standard InChI is InChI=1S/C21H27N7O5S/c1-13(17(29)12-24-22)25-19(31)16-5-2-10-27-18(30)7-6-15(20(32)28(16)27)26-21(33)23-9-8-14-4-3-11-34-14/h3-4,11-13,15-16H,2,5-10H2,1H3,(H,25,31)(H2,23,26,33)/t13-,15-,16-/m0/s1. The van der Waals surface area contributed by atoms with Gasteiger partial charge in [0.15, 0.2) is 0 Å². The molecule has 12 nitrogen and oxygen atoms in total. The number of amides is 5. The van der Waals surface area contributed by atoms with Crippen LogP contribution in [0.25, 0.3) is 5.53 Å². The molecule has 2 saturated heterocycles. The summed E-state index contributed by atoms with van der Waals surface area (Å²) in [6.07, 6.45) is 2.27. The average Bonchev–Trinajstić information content (AvgIpc) is 3.30. The minimum Gasteiger partial charge on any atom is -0.361 e. The first-order valence-corrected chi connectivity index (χ1v) is 11.9. The van der Waals surface area contributed by atoms with Gasteiger partial charge in [0.05, 0.1) is 6.04 Å². The second-order valence-electron chi connectivity index (χ2n) is 8.06. The van der Waals surface area contributed by atoms with Crippen molar-refractivity contribution in [2.45, 2.75) is 57.2 Å². The number of hydrazine groups is 1. The van der Waals surface area contributed by atoms with Gasteiger partial charge in [-0.15, -0.1) is 11.3 Å². The minimum absolute atomic E-state index is 0.0403. The molecule has 0 spiro atoms. The highest BCUT2D eigenvalue weighted by Gasteiger charge is 2.44. The molecule has 2 fully saturated rings. The van der Waals surface area contributed by atoms with E-state index in [0.717, 1.165) is 9.89 Å². The molecule has 2 aliphatic rings. The Balaban J connectivity index is 1.67. The third kappa shape index (κ3) is 6.06. The van der Waals surface area contributed by atoms with Crippen LogP contribution in [0.1, 0.15) is 37.5 Å². The summed E-state index contributed by atoms with van der Waals surface area (Å²) < 4.78 is 0. The molecule has 0 aromatic carbocycles. The van der Waals surface area contributed by atoms with E-state index in [2.05, 4.69) is 20.7 Å². The molecule has 3 atom stereocenters. The lowest BCUT2D eigenvalue weighted by atomic mass is 10.0. The summed E-state index contributed by atoms with van der Waals surface area (Å²) in [5, 5.41) is 12.2. The number of hydrogen-bond acceptors (Lipinski definition) is 6. The molecule has 0 radical (unpaired) electrons. The van der Waals surface area contributed by atoms with Crippen LogP contribution in [0.4, 0.5) is 4.79 Å². The van der Waals surface area contributed by atoms with Crippen molar-refractivity contribution in [3.63, 3.8) is 0 Å². The summed E-state index contributed by atoms with van der Waals surface area (Å²) in [4.78, 5) is 67.0. The molecule has 0 aliphatic carbocycles. The van der Waals surface area contributed by atoms with Gasteiger partial charge in [-0.05, 0) is 44.1 Å². The number of Topliss-reactive ketones (excluding diaryl/α,β-unsaturated/α-hetero) is 1. The molecule has 34 heavy (non-hydrogen) atoms. The summed E-state index contributed by atoms with van der Waals surface area (Å²) >= 11 is 1.58. The molecule has 3 N–H and O–H groups in total. The molecule has 0 unspecified atom stereocenters. The third-order valence-electron chi connectivity index (χ3n) is 5.68. The number of thiophene rings is 1. The summed E-state index contributed by atoms with van der Waals surface area (Å²) in [6.45, 7) is 2.08. The van der Waals surface area contributed by atoms with E-state index >= 15 is 0 Å². The largest absolute Gasteiger partial charge is 0.361 e. The maximum Gasteiger partial charge on any atom is 0.325 e. The zero-order valence-corrected chi connectivity index (χ0v) is 19.5. The predicted molar refractivity (Wildman–Crippen MR) is 121 cm³/mol. The molecule has 0 saturated carbocycles. The van der Waals surface area contributed by atoms with E-state index in [0.29, 0.717) is 25.6 Å². The van der Waals surface area contributed by atoms with E-state index in [1.165, 1.54) is 11.9 Å². The molecule has 182 valence electrons. The predicted octanol–water partition coefficient (Wildman–Crippen LogP) is -0.139. The highest BCUT2D eigenvalue weighted by atomic mass is 32.1. The Morgan fingerprint density at radius 2 is 2.12 bits per heavy atom. The molecule has 0 bridgehead atoms. The molecular weight excluding hydrogens is 462 g/mol. The SMILES string of the molecule is C[C@H](NC(=O)[C@@H]1CCCN2C(=O)CC[C@H](NC(=O)NCCc3cccs3)C(=O)N12)C(=O)C=[N+]=[N-]. The van der Waals surface area contributed by atoms with Gasteiger partial charge in [-0.3, -0.25) is 24.2 Å². The topological polar surface area (TPSA) is 164 Å². The Kier molecular flexibility index (Phi) is 8.50. The van der Waals surface area contributed by atoms with E-state index in [9.17, 15) is 24.0 Å². The Morgan fingerprint density at radius 3 is 2.82 bits per heavy atom. The first-order chi connectivity index (χ1) is 16.3. The molecule has 2 aliphatic heterocycles. The monoisotopic (exact) mass is 489 g/mol. The van der Waals surface area contributed by atoms with Gasteiger partial charge in [-0.1, -0.05) is 6.07 Å². The van der Waals surface area contributed by atoms with E-state index < -0.39 is 41.8 Å². The molecule has 5 amide bonds. The quantitative estimate of drug-likeness (QED) is 0.262. The van der Waals surface area contributed by atoms with Gasteiger partial charge in [0.25, 0.3) is 11.7 Å². The summed E-state index contributed by atoms with van der Waals surface area (Å²) in [5.74, 6) is -2.11. The molecule has 1 aromatic rings. The maximum absolute atomic E-state index is 13.3. The number of urea groups is 1. The van der Waals surface area contributed by atoms with Crippen molar-refractivity contribution in [3.05, 3.63) is 27.9 Å². The smallest absolute Gasteiger partial charge is 0.325 e. The van der Waals surface area contributed by atoms with Gasteiger partial charge < -0.3 is 21.5 Å². The lowest BCUT2D eigenvalue weighted by molar-refractivity contribution is -0.176. The van der Waals surface area contributed by atoms with Crippen LogP contribution in [0.15, 0.2) is 17.5 Å². The van der Waals surface area contributed by atoms with Crippen molar-refractivity contribution in [1.29, 1.82) is 0 Å². The Labute approximate surface area is 200 Å². The van der Waals surface area contributed by atoms with Gasteiger partial charge in [-0.25, -0.2) is 9.80 Å². The Morgan fingerprint density at radius 1 is 1.32 bits per heavy atom. The number of hydrogen-bond donors (Lipinski definition) is 3. The van der Waals surface area contributed by atoms with E-state index in [1.54, 1.807) is 11.3 Å². The fourth-order valence-electron chi connectivity index (χ4n) is 3.92. The van der Waals surface area contributed by atoms with Crippen molar-refractivity contribution in [1.82, 2.24) is 26.0 Å². The van der Waals surface area contributed by atoms with E-state index in [4.69, 9.17) is 5.53 Å². The zero-order chi connectivity index (χ0) is 24.7. The number of nitrogens with one attached hydrogen (secondary N) is 3. The number of carbonyl (C=O) groups is 5. The number of carbonyl (C=O) groups excluding carboxylic acids is 5. The van der Waals surface area contributed by atoms with E-state index in [1.807, 2.05) is 17.5 Å². The first kappa shape index (κ1) is 25.1. The van der Waals surface area contributed by atoms with E-state index in [-0.39, 0.29) is 31.7 Å². The van der Waals surface area contributed by atoms with Crippen molar-refractivity contribution in [2.24, 2.45) is 0 Å². The molecule has 3 heterocycles. The van der Waals surface area contributed by atoms with Crippen LogP contribution in [-0.4, -0.2) is 81.8 Å². The average molecular weight is 490 g/mol.